The molecule has 1 aliphatic carbocycles. The van der Waals surface area contributed by atoms with Crippen LogP contribution in [-0.4, -0.2) is 29.6 Å². The lowest BCUT2D eigenvalue weighted by atomic mass is 9.68. The number of thioether (sulfide) groups is 1. The molecule has 3 nitrogen and oxygen atoms in total. The minimum Gasteiger partial charge on any atom is -0.352 e. The normalized spacial score (nSPS) is 31.1. The van der Waals surface area contributed by atoms with Crippen molar-refractivity contribution < 1.29 is 4.79 Å². The molecule has 4 heteroatoms. The van der Waals surface area contributed by atoms with Crippen LogP contribution in [0, 0.1) is 5.41 Å². The van der Waals surface area contributed by atoms with E-state index in [-0.39, 0.29) is 11.9 Å². The van der Waals surface area contributed by atoms with Crippen molar-refractivity contribution in [1.29, 1.82) is 0 Å². The monoisotopic (exact) mass is 214 g/mol. The largest absolute Gasteiger partial charge is 0.352 e. The Morgan fingerprint density at radius 2 is 2.21 bits per heavy atom. The summed E-state index contributed by atoms with van der Waals surface area (Å²) in [5.41, 5.74) is 0.440. The van der Waals surface area contributed by atoms with Crippen LogP contribution < -0.4 is 10.6 Å². The summed E-state index contributed by atoms with van der Waals surface area (Å²) in [7, 11) is 0. The maximum absolute atomic E-state index is 11.7. The molecule has 0 bridgehead atoms. The van der Waals surface area contributed by atoms with Gasteiger partial charge in [-0.15, -0.1) is 11.8 Å². The molecule has 1 aliphatic heterocycles. The SMILES string of the molecule is CC1(C)CC(NC(=O)C2CSCN2)C1. The van der Waals surface area contributed by atoms with Gasteiger partial charge in [0.1, 0.15) is 0 Å². The number of carbonyl (C=O) groups excluding carboxylic acids is 1. The minimum atomic E-state index is 0.0451. The molecule has 1 atom stereocenters. The van der Waals surface area contributed by atoms with Gasteiger partial charge in [-0.25, -0.2) is 0 Å². The molecule has 2 fully saturated rings. The molecule has 1 amide bonds. The van der Waals surface area contributed by atoms with Crippen molar-refractivity contribution >= 4 is 17.7 Å². The van der Waals surface area contributed by atoms with Crippen LogP contribution in [-0.2, 0) is 4.79 Å². The number of amides is 1. The zero-order valence-electron chi connectivity index (χ0n) is 8.80. The van der Waals surface area contributed by atoms with E-state index in [4.69, 9.17) is 0 Å². The highest BCUT2D eigenvalue weighted by molar-refractivity contribution is 7.99. The first-order valence-electron chi connectivity index (χ1n) is 5.18. The van der Waals surface area contributed by atoms with E-state index in [1.54, 1.807) is 11.8 Å². The Bertz CT molecular complexity index is 228. The van der Waals surface area contributed by atoms with E-state index in [9.17, 15) is 4.79 Å². The highest BCUT2D eigenvalue weighted by Crippen LogP contribution is 2.39. The van der Waals surface area contributed by atoms with E-state index in [0.717, 1.165) is 24.5 Å². The molecule has 0 radical (unpaired) electrons. The zero-order chi connectivity index (χ0) is 10.2. The molecule has 0 aromatic heterocycles. The van der Waals surface area contributed by atoms with Crippen molar-refractivity contribution in [2.45, 2.75) is 38.8 Å². The van der Waals surface area contributed by atoms with Gasteiger partial charge in [-0.05, 0) is 18.3 Å². The molecule has 0 aromatic rings. The lowest BCUT2D eigenvalue weighted by Crippen LogP contribution is -2.53. The van der Waals surface area contributed by atoms with Gasteiger partial charge in [-0.1, -0.05) is 13.8 Å². The van der Waals surface area contributed by atoms with Gasteiger partial charge in [0.15, 0.2) is 0 Å². The molecule has 2 aliphatic rings. The number of carbonyl (C=O) groups is 1. The molecule has 1 unspecified atom stereocenters. The predicted molar refractivity (Wildman–Crippen MR) is 59.2 cm³/mol. The van der Waals surface area contributed by atoms with Crippen molar-refractivity contribution in [2.75, 3.05) is 11.6 Å². The Kier molecular flexibility index (Phi) is 2.75. The van der Waals surface area contributed by atoms with Crippen LogP contribution in [0.2, 0.25) is 0 Å². The standard InChI is InChI=1S/C10H18N2OS/c1-10(2)3-7(4-10)12-9(13)8-5-14-6-11-8/h7-8,11H,3-6H2,1-2H3,(H,12,13). The third-order valence-electron chi connectivity index (χ3n) is 2.98. The van der Waals surface area contributed by atoms with Gasteiger partial charge in [0.25, 0.3) is 0 Å². The third-order valence-corrected chi connectivity index (χ3v) is 3.92. The first kappa shape index (κ1) is 10.3. The Hall–Kier alpha value is -0.220. The maximum Gasteiger partial charge on any atom is 0.238 e. The first-order chi connectivity index (χ1) is 6.57. The molecule has 1 saturated heterocycles. The fourth-order valence-corrected chi connectivity index (χ4v) is 3.18. The van der Waals surface area contributed by atoms with Crippen LogP contribution in [0.1, 0.15) is 26.7 Å². The topological polar surface area (TPSA) is 41.1 Å². The number of rotatable bonds is 2. The van der Waals surface area contributed by atoms with Gasteiger partial charge in [0.05, 0.1) is 6.04 Å². The van der Waals surface area contributed by atoms with E-state index in [0.29, 0.717) is 11.5 Å². The molecular formula is C10H18N2OS. The summed E-state index contributed by atoms with van der Waals surface area (Å²) < 4.78 is 0. The smallest absolute Gasteiger partial charge is 0.238 e. The van der Waals surface area contributed by atoms with E-state index >= 15 is 0 Å². The van der Waals surface area contributed by atoms with Crippen molar-refractivity contribution in [2.24, 2.45) is 5.41 Å². The molecule has 0 spiro atoms. The number of hydrogen-bond acceptors (Lipinski definition) is 3. The summed E-state index contributed by atoms with van der Waals surface area (Å²) in [6.45, 7) is 4.50. The Balaban J connectivity index is 1.73. The number of nitrogens with one attached hydrogen (secondary N) is 2. The average Bonchev–Trinajstić information content (AvgIpc) is 2.51. The van der Waals surface area contributed by atoms with Crippen molar-refractivity contribution in [3.8, 4) is 0 Å². The fourth-order valence-electron chi connectivity index (χ4n) is 2.24. The maximum atomic E-state index is 11.7. The molecule has 2 N–H and O–H groups in total. The highest BCUT2D eigenvalue weighted by Gasteiger charge is 2.37. The van der Waals surface area contributed by atoms with E-state index in [1.807, 2.05) is 0 Å². The second-order valence-electron chi connectivity index (χ2n) is 5.05. The van der Waals surface area contributed by atoms with E-state index in [1.165, 1.54) is 0 Å². The van der Waals surface area contributed by atoms with Crippen LogP contribution in [0.25, 0.3) is 0 Å². The Labute approximate surface area is 89.4 Å². The van der Waals surface area contributed by atoms with E-state index in [2.05, 4.69) is 24.5 Å². The van der Waals surface area contributed by atoms with Gasteiger partial charge in [0.2, 0.25) is 5.91 Å². The Morgan fingerprint density at radius 3 is 2.71 bits per heavy atom. The van der Waals surface area contributed by atoms with Gasteiger partial charge >= 0.3 is 0 Å². The lowest BCUT2D eigenvalue weighted by molar-refractivity contribution is -0.124. The predicted octanol–water partition coefficient (Wildman–Crippen LogP) is 0.954. The quantitative estimate of drug-likeness (QED) is 0.719. The summed E-state index contributed by atoms with van der Waals surface area (Å²) in [4.78, 5) is 11.7. The summed E-state index contributed by atoms with van der Waals surface area (Å²) in [6.07, 6.45) is 2.25. The van der Waals surface area contributed by atoms with Crippen molar-refractivity contribution in [1.82, 2.24) is 10.6 Å². The van der Waals surface area contributed by atoms with Crippen LogP contribution in [0.5, 0.6) is 0 Å². The second kappa shape index (κ2) is 3.74. The van der Waals surface area contributed by atoms with Crippen LogP contribution >= 0.6 is 11.8 Å². The fraction of sp³-hybridized carbons (Fsp3) is 0.900. The minimum absolute atomic E-state index is 0.0451. The van der Waals surface area contributed by atoms with Crippen molar-refractivity contribution in [3.05, 3.63) is 0 Å². The first-order valence-corrected chi connectivity index (χ1v) is 6.34. The molecule has 14 heavy (non-hydrogen) atoms. The zero-order valence-corrected chi connectivity index (χ0v) is 9.62. The second-order valence-corrected chi connectivity index (χ2v) is 6.08. The summed E-state index contributed by atoms with van der Waals surface area (Å²) in [5, 5.41) is 6.28. The number of hydrogen-bond donors (Lipinski definition) is 2. The average molecular weight is 214 g/mol. The van der Waals surface area contributed by atoms with Crippen LogP contribution in [0.3, 0.4) is 0 Å². The highest BCUT2D eigenvalue weighted by atomic mass is 32.2. The van der Waals surface area contributed by atoms with Gasteiger partial charge in [-0.3, -0.25) is 10.1 Å². The van der Waals surface area contributed by atoms with Crippen LogP contribution in [0.4, 0.5) is 0 Å². The molecule has 1 saturated carbocycles. The molecular weight excluding hydrogens is 196 g/mol. The van der Waals surface area contributed by atoms with Gasteiger partial charge in [-0.2, -0.15) is 0 Å². The van der Waals surface area contributed by atoms with E-state index < -0.39 is 0 Å². The lowest BCUT2D eigenvalue weighted by Gasteiger charge is -2.43. The molecule has 80 valence electrons. The molecule has 0 aromatic carbocycles. The van der Waals surface area contributed by atoms with Crippen LogP contribution in [0.15, 0.2) is 0 Å². The molecule has 1 heterocycles. The van der Waals surface area contributed by atoms with Crippen molar-refractivity contribution in [3.63, 3.8) is 0 Å². The summed E-state index contributed by atoms with van der Waals surface area (Å²) in [5.74, 6) is 2.02. The summed E-state index contributed by atoms with van der Waals surface area (Å²) in [6, 6.07) is 0.466. The van der Waals surface area contributed by atoms with Gasteiger partial charge < -0.3 is 5.32 Å². The summed E-state index contributed by atoms with van der Waals surface area (Å²) >= 11 is 1.79. The Morgan fingerprint density at radius 1 is 1.50 bits per heavy atom. The third kappa shape index (κ3) is 2.23. The molecule has 2 rings (SSSR count). The van der Waals surface area contributed by atoms with Gasteiger partial charge in [0, 0.05) is 17.7 Å².